The van der Waals surface area contributed by atoms with Crippen molar-refractivity contribution in [1.29, 1.82) is 0 Å². The van der Waals surface area contributed by atoms with Gasteiger partial charge in [-0.3, -0.25) is 9.59 Å². The summed E-state index contributed by atoms with van der Waals surface area (Å²) < 4.78 is 12.0. The lowest BCUT2D eigenvalue weighted by molar-refractivity contribution is -0.219. The van der Waals surface area contributed by atoms with Crippen LogP contribution in [-0.4, -0.2) is 23.1 Å². The van der Waals surface area contributed by atoms with Crippen molar-refractivity contribution in [2.75, 3.05) is 0 Å². The van der Waals surface area contributed by atoms with Crippen LogP contribution in [0, 0.1) is 28.1 Å². The lowest BCUT2D eigenvalue weighted by Gasteiger charge is -2.64. The van der Waals surface area contributed by atoms with Gasteiger partial charge in [-0.1, -0.05) is 50.5 Å². The van der Waals surface area contributed by atoms with E-state index in [0.717, 1.165) is 19.3 Å². The molecule has 0 aliphatic heterocycles. The highest BCUT2D eigenvalue weighted by atomic mass is 16.6. The van der Waals surface area contributed by atoms with Crippen molar-refractivity contribution in [3.63, 3.8) is 0 Å². The van der Waals surface area contributed by atoms with Crippen LogP contribution in [0.1, 0.15) is 136 Å². The van der Waals surface area contributed by atoms with Gasteiger partial charge in [-0.2, -0.15) is 0 Å². The van der Waals surface area contributed by atoms with Crippen LogP contribution in [0.5, 0.6) is 0 Å². The van der Waals surface area contributed by atoms with Crippen molar-refractivity contribution in [2.24, 2.45) is 28.1 Å². The van der Waals surface area contributed by atoms with Crippen LogP contribution >= 0.6 is 0 Å². The lowest BCUT2D eigenvalue weighted by Crippen LogP contribution is -2.60. The van der Waals surface area contributed by atoms with Gasteiger partial charge in [-0.25, -0.2) is 0 Å². The molecule has 3 atom stereocenters. The normalized spacial score (nSPS) is 32.8. The van der Waals surface area contributed by atoms with E-state index < -0.39 is 11.0 Å². The van der Waals surface area contributed by atoms with Gasteiger partial charge < -0.3 is 9.47 Å². The molecule has 198 valence electrons. The molecule has 4 aliphatic carbocycles. The second kappa shape index (κ2) is 10.7. The predicted octanol–water partition coefficient (Wildman–Crippen LogP) is 8.61. The number of hydrogen-bond acceptors (Lipinski definition) is 4. The smallest absolute Gasteiger partial charge is 0.312 e. The van der Waals surface area contributed by atoms with Gasteiger partial charge >= 0.3 is 11.9 Å². The van der Waals surface area contributed by atoms with E-state index in [9.17, 15) is 9.59 Å². The van der Waals surface area contributed by atoms with Gasteiger partial charge in [0.1, 0.15) is 11.2 Å². The number of rotatable bonds is 6. The summed E-state index contributed by atoms with van der Waals surface area (Å²) >= 11 is 0. The third-order valence-electron chi connectivity index (χ3n) is 7.43. The quantitative estimate of drug-likeness (QED) is 0.365. The number of carbonyl (C=O) groups excluding carboxylic acids is 2. The molecule has 4 fully saturated rings. The van der Waals surface area contributed by atoms with Crippen molar-refractivity contribution in [2.45, 2.75) is 148 Å². The third-order valence-corrected chi connectivity index (χ3v) is 7.43. The van der Waals surface area contributed by atoms with E-state index >= 15 is 0 Å². The van der Waals surface area contributed by atoms with Crippen molar-refractivity contribution < 1.29 is 19.1 Å². The van der Waals surface area contributed by atoms with E-state index in [0.29, 0.717) is 29.6 Å². The third kappa shape index (κ3) is 7.46. The summed E-state index contributed by atoms with van der Waals surface area (Å²) in [6.45, 7) is 16.2. The Morgan fingerprint density at radius 2 is 1.36 bits per heavy atom. The van der Waals surface area contributed by atoms with Crippen molar-refractivity contribution in [1.82, 2.24) is 0 Å². The van der Waals surface area contributed by atoms with E-state index in [1.54, 1.807) is 0 Å². The Morgan fingerprint density at radius 1 is 0.879 bits per heavy atom. The summed E-state index contributed by atoms with van der Waals surface area (Å²) in [6, 6.07) is 0. The fraction of sp³-hybridized carbons (Fsp3) is 0.931. The standard InChI is InChI=1S/C25H42O4.4CH4/c1-9-18(13-22(5,6)20(27)29-21(2,3)4)19(26)28-25-12-17-10-23(7,15-25)14-24(8,11-17)16-25;;;;/h17-18H,9-16H2,1-8H3;4*1H4. The molecule has 4 aliphatic rings. The van der Waals surface area contributed by atoms with Gasteiger partial charge in [-0.05, 0) is 103 Å². The number of esters is 2. The molecule has 3 unspecified atom stereocenters. The number of carbonyl (C=O) groups is 2. The first-order valence-corrected chi connectivity index (χ1v) is 11.5. The summed E-state index contributed by atoms with van der Waals surface area (Å²) in [6.07, 6.45) is 8.00. The summed E-state index contributed by atoms with van der Waals surface area (Å²) in [7, 11) is 0. The number of hydrogen-bond donors (Lipinski definition) is 0. The van der Waals surface area contributed by atoms with Gasteiger partial charge in [-0.15, -0.1) is 0 Å². The highest BCUT2D eigenvalue weighted by Gasteiger charge is 2.62. The van der Waals surface area contributed by atoms with Crippen LogP contribution in [-0.2, 0) is 19.1 Å². The van der Waals surface area contributed by atoms with E-state index in [4.69, 9.17) is 9.47 Å². The van der Waals surface area contributed by atoms with E-state index in [2.05, 4.69) is 13.8 Å². The maximum atomic E-state index is 13.3. The lowest BCUT2D eigenvalue weighted by atomic mass is 9.43. The van der Waals surface area contributed by atoms with Crippen molar-refractivity contribution in [3.8, 4) is 0 Å². The van der Waals surface area contributed by atoms with Crippen LogP contribution in [0.3, 0.4) is 0 Å². The molecule has 0 aromatic rings. The maximum Gasteiger partial charge on any atom is 0.312 e. The molecule has 4 bridgehead atoms. The fourth-order valence-corrected chi connectivity index (χ4v) is 7.26. The molecule has 0 aromatic heterocycles. The molecule has 4 heteroatoms. The van der Waals surface area contributed by atoms with Crippen LogP contribution in [0.15, 0.2) is 0 Å². The largest absolute Gasteiger partial charge is 0.460 e. The molecule has 0 heterocycles. The van der Waals surface area contributed by atoms with Crippen molar-refractivity contribution >= 4 is 11.9 Å². The van der Waals surface area contributed by atoms with Crippen molar-refractivity contribution in [3.05, 3.63) is 0 Å². The molecule has 33 heavy (non-hydrogen) atoms. The topological polar surface area (TPSA) is 52.6 Å². The van der Waals surface area contributed by atoms with E-state index in [1.807, 2.05) is 41.5 Å². The molecule has 0 radical (unpaired) electrons. The Balaban J connectivity index is 0. The zero-order chi connectivity index (χ0) is 21.9. The molecule has 0 aromatic carbocycles. The summed E-state index contributed by atoms with van der Waals surface area (Å²) in [4.78, 5) is 26.0. The molecule has 0 N–H and O–H groups in total. The SMILES string of the molecule is C.C.C.C.CCC(CC(C)(C)C(=O)OC(C)(C)C)C(=O)OC12CC3CC(C)(CC(C)(C3)C1)C2. The molecule has 0 spiro atoms. The summed E-state index contributed by atoms with van der Waals surface area (Å²) in [5.74, 6) is 0.0582. The predicted molar refractivity (Wildman–Crippen MR) is 141 cm³/mol. The Bertz CT molecular complexity index is 654. The first-order chi connectivity index (χ1) is 13.1. The van der Waals surface area contributed by atoms with Crippen LogP contribution in [0.4, 0.5) is 0 Å². The molecule has 0 saturated heterocycles. The van der Waals surface area contributed by atoms with Gasteiger partial charge in [0.05, 0.1) is 11.3 Å². The fourth-order valence-electron chi connectivity index (χ4n) is 7.26. The zero-order valence-corrected chi connectivity index (χ0v) is 19.9. The van der Waals surface area contributed by atoms with Gasteiger partial charge in [0.25, 0.3) is 0 Å². The Hall–Kier alpha value is -1.06. The average molecular weight is 471 g/mol. The number of ether oxygens (including phenoxy) is 2. The first kappa shape index (κ1) is 34.1. The van der Waals surface area contributed by atoms with Crippen LogP contribution in [0.25, 0.3) is 0 Å². The van der Waals surface area contributed by atoms with Crippen LogP contribution in [0.2, 0.25) is 0 Å². The second-order valence-electron chi connectivity index (χ2n) is 12.9. The van der Waals surface area contributed by atoms with E-state index in [-0.39, 0.29) is 53.2 Å². The zero-order valence-electron chi connectivity index (χ0n) is 19.9. The van der Waals surface area contributed by atoms with Gasteiger partial charge in [0.2, 0.25) is 0 Å². The molecule has 0 amide bonds. The second-order valence-corrected chi connectivity index (χ2v) is 12.9. The van der Waals surface area contributed by atoms with E-state index in [1.165, 1.54) is 19.3 Å². The summed E-state index contributed by atoms with van der Waals surface area (Å²) in [5, 5.41) is 0. The minimum atomic E-state index is -0.716. The minimum Gasteiger partial charge on any atom is -0.460 e. The molecule has 4 rings (SSSR count). The average Bonchev–Trinajstić information content (AvgIpc) is 2.46. The summed E-state index contributed by atoms with van der Waals surface area (Å²) in [5.41, 5.74) is -0.908. The molecular weight excluding hydrogens is 412 g/mol. The van der Waals surface area contributed by atoms with Crippen LogP contribution < -0.4 is 0 Å². The molecule has 4 saturated carbocycles. The Kier molecular flexibility index (Phi) is 11.0. The van der Waals surface area contributed by atoms with Gasteiger partial charge in [0.15, 0.2) is 0 Å². The Labute approximate surface area is 207 Å². The van der Waals surface area contributed by atoms with Gasteiger partial charge in [0, 0.05) is 0 Å². The monoisotopic (exact) mass is 470 g/mol. The highest BCUT2D eigenvalue weighted by molar-refractivity contribution is 5.79. The minimum absolute atomic E-state index is 0. The molecular formula is C29H58O4. The first-order valence-electron chi connectivity index (χ1n) is 11.5. The maximum absolute atomic E-state index is 13.3. The Morgan fingerprint density at radius 3 is 1.76 bits per heavy atom. The molecule has 4 nitrogen and oxygen atoms in total. The highest BCUT2D eigenvalue weighted by Crippen LogP contribution is 2.67.